The smallest absolute Gasteiger partial charge is 0.244 e. The molecule has 0 spiro atoms. The van der Waals surface area contributed by atoms with Crippen LogP contribution in [0.2, 0.25) is 5.02 Å². The van der Waals surface area contributed by atoms with Gasteiger partial charge in [-0.05, 0) is 18.9 Å². The van der Waals surface area contributed by atoms with Crippen molar-refractivity contribution >= 4 is 27.4 Å². The molecule has 1 aromatic heterocycles. The number of pyridine rings is 1. The lowest BCUT2D eigenvalue weighted by Gasteiger charge is -2.22. The first-order chi connectivity index (χ1) is 9.97. The molecule has 0 radical (unpaired) electrons. The van der Waals surface area contributed by atoms with Gasteiger partial charge in [-0.25, -0.2) is 13.4 Å². The van der Waals surface area contributed by atoms with Crippen LogP contribution < -0.4 is 5.32 Å². The standard InChI is InChI=1S/C14H24ClN3O2S/c1-4-6-8-18(9-7-5-2)21(19,20)12-10-13(15)14(16-3)17-11-12/h10-11H,4-9H2,1-3H3,(H,16,17). The largest absolute Gasteiger partial charge is 0.372 e. The van der Waals surface area contributed by atoms with Gasteiger partial charge in [0.1, 0.15) is 10.7 Å². The first-order valence-electron chi connectivity index (χ1n) is 7.30. The lowest BCUT2D eigenvalue weighted by molar-refractivity contribution is 0.395. The monoisotopic (exact) mass is 333 g/mol. The van der Waals surface area contributed by atoms with Crippen molar-refractivity contribution in [3.8, 4) is 0 Å². The van der Waals surface area contributed by atoms with Gasteiger partial charge in [0.15, 0.2) is 0 Å². The number of nitrogens with zero attached hydrogens (tertiary/aromatic N) is 2. The van der Waals surface area contributed by atoms with Gasteiger partial charge in [-0.15, -0.1) is 0 Å². The van der Waals surface area contributed by atoms with Crippen LogP contribution in [0.25, 0.3) is 0 Å². The molecule has 0 saturated carbocycles. The predicted octanol–water partition coefficient (Wildman–Crippen LogP) is 3.37. The van der Waals surface area contributed by atoms with Gasteiger partial charge in [0, 0.05) is 26.3 Å². The Hall–Kier alpha value is -0.850. The summed E-state index contributed by atoms with van der Waals surface area (Å²) in [5.74, 6) is 0.476. The Morgan fingerprint density at radius 2 is 1.81 bits per heavy atom. The number of rotatable bonds is 9. The summed E-state index contributed by atoms with van der Waals surface area (Å²) in [6, 6.07) is 1.46. The van der Waals surface area contributed by atoms with Gasteiger partial charge in [0.2, 0.25) is 10.0 Å². The lowest BCUT2D eigenvalue weighted by Crippen LogP contribution is -2.33. The van der Waals surface area contributed by atoms with E-state index in [9.17, 15) is 8.42 Å². The maximum atomic E-state index is 12.7. The Bertz CT molecular complexity index is 541. The molecule has 21 heavy (non-hydrogen) atoms. The molecular weight excluding hydrogens is 310 g/mol. The van der Waals surface area contributed by atoms with E-state index >= 15 is 0 Å². The molecule has 0 aliphatic rings. The minimum atomic E-state index is -3.53. The maximum absolute atomic E-state index is 12.7. The fourth-order valence-corrected chi connectivity index (χ4v) is 3.73. The zero-order valence-corrected chi connectivity index (χ0v) is 14.5. The number of halogens is 1. The second-order valence-corrected chi connectivity index (χ2v) is 7.21. The van der Waals surface area contributed by atoms with Crippen LogP contribution in [0.1, 0.15) is 39.5 Å². The molecule has 0 aliphatic carbocycles. The Morgan fingerprint density at radius 3 is 2.24 bits per heavy atom. The highest BCUT2D eigenvalue weighted by atomic mass is 35.5. The Balaban J connectivity index is 3.06. The zero-order chi connectivity index (χ0) is 15.9. The molecule has 0 atom stereocenters. The Morgan fingerprint density at radius 1 is 1.24 bits per heavy atom. The van der Waals surface area contributed by atoms with E-state index in [4.69, 9.17) is 11.6 Å². The summed E-state index contributed by atoms with van der Waals surface area (Å²) >= 11 is 6.04. The molecular formula is C14H24ClN3O2S. The third-order valence-electron chi connectivity index (χ3n) is 3.21. The van der Waals surface area contributed by atoms with Crippen molar-refractivity contribution in [2.75, 3.05) is 25.5 Å². The summed E-state index contributed by atoms with van der Waals surface area (Å²) < 4.78 is 26.9. The number of aromatic nitrogens is 1. The first-order valence-corrected chi connectivity index (χ1v) is 9.12. The zero-order valence-electron chi connectivity index (χ0n) is 12.9. The van der Waals surface area contributed by atoms with E-state index in [-0.39, 0.29) is 4.90 Å². The number of unbranched alkanes of at least 4 members (excludes halogenated alkanes) is 2. The Labute approximate surface area is 132 Å². The van der Waals surface area contributed by atoms with E-state index in [0.717, 1.165) is 25.7 Å². The number of hydrogen-bond donors (Lipinski definition) is 1. The average molecular weight is 334 g/mol. The minimum absolute atomic E-state index is 0.152. The van der Waals surface area contributed by atoms with E-state index in [2.05, 4.69) is 10.3 Å². The SMILES string of the molecule is CCCCN(CCCC)S(=O)(=O)c1cnc(NC)c(Cl)c1. The summed E-state index contributed by atoms with van der Waals surface area (Å²) in [5.41, 5.74) is 0. The third-order valence-corrected chi connectivity index (χ3v) is 5.36. The van der Waals surface area contributed by atoms with Crippen molar-refractivity contribution in [3.05, 3.63) is 17.3 Å². The summed E-state index contributed by atoms with van der Waals surface area (Å²) in [7, 11) is -1.84. The topological polar surface area (TPSA) is 62.3 Å². The van der Waals surface area contributed by atoms with E-state index in [0.29, 0.717) is 23.9 Å². The third kappa shape index (κ3) is 4.83. The number of nitrogens with one attached hydrogen (secondary N) is 1. The second-order valence-electron chi connectivity index (χ2n) is 4.86. The molecule has 1 aromatic rings. The molecule has 5 nitrogen and oxygen atoms in total. The fraction of sp³-hybridized carbons (Fsp3) is 0.643. The van der Waals surface area contributed by atoms with Crippen molar-refractivity contribution in [2.24, 2.45) is 0 Å². The summed E-state index contributed by atoms with van der Waals surface area (Å²) in [4.78, 5) is 4.21. The van der Waals surface area contributed by atoms with Gasteiger partial charge in [-0.2, -0.15) is 4.31 Å². The van der Waals surface area contributed by atoms with E-state index < -0.39 is 10.0 Å². The average Bonchev–Trinajstić information content (AvgIpc) is 2.47. The van der Waals surface area contributed by atoms with Crippen LogP contribution in [0.15, 0.2) is 17.2 Å². The van der Waals surface area contributed by atoms with Crippen molar-refractivity contribution in [3.63, 3.8) is 0 Å². The van der Waals surface area contributed by atoms with Crippen molar-refractivity contribution in [1.82, 2.24) is 9.29 Å². The van der Waals surface area contributed by atoms with Crippen LogP contribution in [0.4, 0.5) is 5.82 Å². The number of hydrogen-bond acceptors (Lipinski definition) is 4. The van der Waals surface area contributed by atoms with Gasteiger partial charge in [0.25, 0.3) is 0 Å². The van der Waals surface area contributed by atoms with Crippen LogP contribution >= 0.6 is 11.6 Å². The fourth-order valence-electron chi connectivity index (χ4n) is 1.92. The molecule has 120 valence electrons. The van der Waals surface area contributed by atoms with Crippen LogP contribution in [0, 0.1) is 0 Å². The molecule has 1 N–H and O–H groups in total. The molecule has 0 saturated heterocycles. The molecule has 0 unspecified atom stereocenters. The highest BCUT2D eigenvalue weighted by Gasteiger charge is 2.24. The molecule has 1 rings (SSSR count). The van der Waals surface area contributed by atoms with Crippen molar-refractivity contribution < 1.29 is 8.42 Å². The summed E-state index contributed by atoms with van der Waals surface area (Å²) in [6.45, 7) is 5.16. The molecule has 0 aromatic carbocycles. The second kappa shape index (κ2) is 8.56. The van der Waals surface area contributed by atoms with E-state index in [1.54, 1.807) is 7.05 Å². The summed E-state index contributed by atoms with van der Waals surface area (Å²) in [6.07, 6.45) is 4.96. The highest BCUT2D eigenvalue weighted by molar-refractivity contribution is 7.89. The van der Waals surface area contributed by atoms with Crippen LogP contribution in [-0.4, -0.2) is 37.8 Å². The summed E-state index contributed by atoms with van der Waals surface area (Å²) in [5, 5.41) is 3.13. The molecule has 0 bridgehead atoms. The Kier molecular flexibility index (Phi) is 7.42. The predicted molar refractivity (Wildman–Crippen MR) is 87.4 cm³/mol. The van der Waals surface area contributed by atoms with Gasteiger partial charge < -0.3 is 5.32 Å². The van der Waals surface area contributed by atoms with Gasteiger partial charge in [-0.1, -0.05) is 38.3 Å². The normalized spacial score (nSPS) is 11.9. The van der Waals surface area contributed by atoms with Crippen LogP contribution in [0.3, 0.4) is 0 Å². The van der Waals surface area contributed by atoms with Gasteiger partial charge in [0.05, 0.1) is 5.02 Å². The molecule has 7 heteroatoms. The lowest BCUT2D eigenvalue weighted by atomic mass is 10.3. The molecule has 0 amide bonds. The molecule has 0 aliphatic heterocycles. The van der Waals surface area contributed by atoms with Crippen LogP contribution in [0.5, 0.6) is 0 Å². The van der Waals surface area contributed by atoms with E-state index in [1.807, 2.05) is 13.8 Å². The highest BCUT2D eigenvalue weighted by Crippen LogP contribution is 2.24. The first kappa shape index (κ1) is 18.2. The number of sulfonamides is 1. The van der Waals surface area contributed by atoms with Gasteiger partial charge in [-0.3, -0.25) is 0 Å². The minimum Gasteiger partial charge on any atom is -0.372 e. The van der Waals surface area contributed by atoms with Crippen molar-refractivity contribution in [1.29, 1.82) is 0 Å². The molecule has 1 heterocycles. The van der Waals surface area contributed by atoms with E-state index in [1.165, 1.54) is 16.6 Å². The van der Waals surface area contributed by atoms with Crippen LogP contribution in [-0.2, 0) is 10.0 Å². The quantitative estimate of drug-likeness (QED) is 0.752. The molecule has 0 fully saturated rings. The number of anilines is 1. The maximum Gasteiger partial charge on any atom is 0.244 e. The van der Waals surface area contributed by atoms with Crippen molar-refractivity contribution in [2.45, 2.75) is 44.4 Å². The van der Waals surface area contributed by atoms with Gasteiger partial charge >= 0.3 is 0 Å².